The molecule has 0 saturated heterocycles. The molecular weight excluding hydrogens is 296 g/mol. The molecule has 0 aromatic carbocycles. The molecule has 0 amide bonds. The van der Waals surface area contributed by atoms with Crippen molar-refractivity contribution in [2.45, 2.75) is 39.7 Å². The maximum absolute atomic E-state index is 12.0. The van der Waals surface area contributed by atoms with Crippen LogP contribution in [0.15, 0.2) is 4.79 Å². The highest BCUT2D eigenvalue weighted by atomic mass is 32.2. The van der Waals surface area contributed by atoms with E-state index >= 15 is 0 Å². The van der Waals surface area contributed by atoms with Crippen LogP contribution >= 0.6 is 0 Å². The van der Waals surface area contributed by atoms with Crippen LogP contribution in [0.3, 0.4) is 0 Å². The summed E-state index contributed by atoms with van der Waals surface area (Å²) in [6, 6.07) is 0. The molecule has 0 fully saturated rings. The highest BCUT2D eigenvalue weighted by Gasteiger charge is 2.18. The summed E-state index contributed by atoms with van der Waals surface area (Å²) in [6.07, 6.45) is 1.77. The fourth-order valence-corrected chi connectivity index (χ4v) is 2.74. The molecule has 0 unspecified atom stereocenters. The monoisotopic (exact) mass is 316 g/mol. The van der Waals surface area contributed by atoms with Crippen molar-refractivity contribution in [1.29, 1.82) is 0 Å². The molecule has 1 rings (SSSR count). The third-order valence-electron chi connectivity index (χ3n) is 3.17. The maximum Gasteiger partial charge on any atom is 0.348 e. The first-order valence-electron chi connectivity index (χ1n) is 6.70. The van der Waals surface area contributed by atoms with E-state index < -0.39 is 21.5 Å². The number of aliphatic carboxylic acids is 1. The predicted octanol–water partition coefficient (Wildman–Crippen LogP) is 0.0398. The maximum atomic E-state index is 12.0. The van der Waals surface area contributed by atoms with Gasteiger partial charge in [0.1, 0.15) is 9.84 Å². The molecule has 0 spiro atoms. The van der Waals surface area contributed by atoms with Crippen molar-refractivity contribution in [2.24, 2.45) is 0 Å². The van der Waals surface area contributed by atoms with Gasteiger partial charge in [-0.15, -0.1) is 0 Å². The molecule has 7 nitrogen and oxygen atoms in total. The van der Waals surface area contributed by atoms with Gasteiger partial charge in [0.25, 0.3) is 0 Å². The highest BCUT2D eigenvalue weighted by Crippen LogP contribution is 2.14. The summed E-state index contributed by atoms with van der Waals surface area (Å²) in [7, 11) is -3.22. The van der Waals surface area contributed by atoms with Crippen LogP contribution in [0.5, 0.6) is 0 Å². The van der Waals surface area contributed by atoms with Crippen LogP contribution in [0.2, 0.25) is 0 Å². The first-order valence-corrected chi connectivity index (χ1v) is 8.76. The average molecular weight is 316 g/mol. The summed E-state index contributed by atoms with van der Waals surface area (Å²) in [6.45, 7) is 3.59. The standard InChI is InChI=1S/C13H20N2O5S/c1-4-10-9(8-12(16)17)11(5-2)15(13(18)14-10)6-7-21(3,19)20/h4-8H2,1-3H3,(H,16,17). The number of aromatic nitrogens is 2. The van der Waals surface area contributed by atoms with Crippen molar-refractivity contribution in [3.8, 4) is 0 Å². The van der Waals surface area contributed by atoms with Crippen LogP contribution in [0.4, 0.5) is 0 Å². The second kappa shape index (κ2) is 6.84. The van der Waals surface area contributed by atoms with Crippen molar-refractivity contribution in [1.82, 2.24) is 9.55 Å². The Bertz CT molecular complexity index is 691. The molecule has 0 aliphatic rings. The zero-order valence-corrected chi connectivity index (χ0v) is 13.2. The van der Waals surface area contributed by atoms with Gasteiger partial charge in [-0.1, -0.05) is 13.8 Å². The zero-order chi connectivity index (χ0) is 16.2. The molecule has 21 heavy (non-hydrogen) atoms. The molecule has 0 atom stereocenters. The Hall–Kier alpha value is -1.70. The van der Waals surface area contributed by atoms with Crippen LogP contribution in [0.25, 0.3) is 0 Å². The number of hydrogen-bond donors (Lipinski definition) is 1. The Balaban J connectivity index is 3.42. The van der Waals surface area contributed by atoms with E-state index in [1.165, 1.54) is 4.57 Å². The number of aryl methyl sites for hydroxylation is 1. The van der Waals surface area contributed by atoms with Gasteiger partial charge in [0.2, 0.25) is 0 Å². The molecular formula is C13H20N2O5S. The van der Waals surface area contributed by atoms with E-state index in [9.17, 15) is 18.0 Å². The number of carboxylic acids is 1. The Labute approximate surface area is 123 Å². The largest absolute Gasteiger partial charge is 0.481 e. The molecule has 8 heteroatoms. The number of sulfone groups is 1. The quantitative estimate of drug-likeness (QED) is 0.761. The van der Waals surface area contributed by atoms with Crippen LogP contribution in [-0.4, -0.2) is 41.1 Å². The topological polar surface area (TPSA) is 106 Å². The smallest absolute Gasteiger partial charge is 0.348 e. The minimum absolute atomic E-state index is 0.00947. The van der Waals surface area contributed by atoms with Gasteiger partial charge in [0.05, 0.1) is 17.9 Å². The minimum atomic E-state index is -3.22. The fraction of sp³-hybridized carbons (Fsp3) is 0.615. The van der Waals surface area contributed by atoms with E-state index in [-0.39, 0.29) is 18.7 Å². The lowest BCUT2D eigenvalue weighted by molar-refractivity contribution is -0.136. The van der Waals surface area contributed by atoms with E-state index in [0.717, 1.165) is 6.26 Å². The number of carbonyl (C=O) groups is 1. The van der Waals surface area contributed by atoms with E-state index in [0.29, 0.717) is 29.8 Å². The summed E-state index contributed by atoms with van der Waals surface area (Å²) in [5, 5.41) is 9.02. The molecule has 1 aromatic rings. The third kappa shape index (κ3) is 4.66. The molecule has 1 heterocycles. The number of hydrogen-bond acceptors (Lipinski definition) is 5. The Kier molecular flexibility index (Phi) is 5.65. The lowest BCUT2D eigenvalue weighted by Crippen LogP contribution is -2.32. The summed E-state index contributed by atoms with van der Waals surface area (Å²) in [4.78, 5) is 27.0. The van der Waals surface area contributed by atoms with E-state index in [1.807, 2.05) is 0 Å². The average Bonchev–Trinajstić information content (AvgIpc) is 2.36. The fourth-order valence-electron chi connectivity index (χ4n) is 2.23. The summed E-state index contributed by atoms with van der Waals surface area (Å²) in [5.74, 6) is -1.19. The van der Waals surface area contributed by atoms with Crippen molar-refractivity contribution in [3.63, 3.8) is 0 Å². The second-order valence-corrected chi connectivity index (χ2v) is 7.09. The lowest BCUT2D eigenvalue weighted by Gasteiger charge is -2.17. The summed E-state index contributed by atoms with van der Waals surface area (Å²) < 4.78 is 23.8. The normalized spacial score (nSPS) is 11.6. The van der Waals surface area contributed by atoms with Gasteiger partial charge in [-0.25, -0.2) is 13.2 Å². The molecule has 118 valence electrons. The zero-order valence-electron chi connectivity index (χ0n) is 12.4. The molecule has 0 aliphatic carbocycles. The first-order chi connectivity index (χ1) is 9.69. The van der Waals surface area contributed by atoms with E-state index in [2.05, 4.69) is 4.98 Å². The number of nitrogens with zero attached hydrogens (tertiary/aromatic N) is 2. The lowest BCUT2D eigenvalue weighted by atomic mass is 10.0. The van der Waals surface area contributed by atoms with Gasteiger partial charge >= 0.3 is 11.7 Å². The Morgan fingerprint density at radius 2 is 1.90 bits per heavy atom. The van der Waals surface area contributed by atoms with Gasteiger partial charge in [-0.3, -0.25) is 9.36 Å². The van der Waals surface area contributed by atoms with Crippen LogP contribution < -0.4 is 5.69 Å². The number of rotatable bonds is 7. The molecule has 0 aliphatic heterocycles. The van der Waals surface area contributed by atoms with Crippen molar-refractivity contribution < 1.29 is 18.3 Å². The first kappa shape index (κ1) is 17.4. The molecule has 0 saturated carbocycles. The van der Waals surface area contributed by atoms with Crippen molar-refractivity contribution >= 4 is 15.8 Å². The summed E-state index contributed by atoms with van der Waals surface area (Å²) in [5.41, 5.74) is 1.01. The van der Waals surface area contributed by atoms with Crippen molar-refractivity contribution in [2.75, 3.05) is 12.0 Å². The van der Waals surface area contributed by atoms with Crippen LogP contribution in [0.1, 0.15) is 30.8 Å². The van der Waals surface area contributed by atoms with E-state index in [4.69, 9.17) is 5.11 Å². The van der Waals surface area contributed by atoms with Gasteiger partial charge < -0.3 is 5.11 Å². The molecule has 1 N–H and O–H groups in total. The molecule has 0 radical (unpaired) electrons. The van der Waals surface area contributed by atoms with Gasteiger partial charge in [-0.05, 0) is 12.8 Å². The van der Waals surface area contributed by atoms with Gasteiger partial charge in [0, 0.05) is 24.1 Å². The van der Waals surface area contributed by atoms with Crippen molar-refractivity contribution in [3.05, 3.63) is 27.4 Å². The SMILES string of the molecule is CCc1nc(=O)n(CCS(C)(=O)=O)c(CC)c1CC(=O)O. The van der Waals surface area contributed by atoms with E-state index in [1.54, 1.807) is 13.8 Å². The minimum Gasteiger partial charge on any atom is -0.481 e. The third-order valence-corrected chi connectivity index (χ3v) is 4.09. The predicted molar refractivity (Wildman–Crippen MR) is 78.3 cm³/mol. The Morgan fingerprint density at radius 3 is 2.33 bits per heavy atom. The second-order valence-electron chi connectivity index (χ2n) is 4.83. The van der Waals surface area contributed by atoms with Gasteiger partial charge in [0.15, 0.2) is 0 Å². The highest BCUT2D eigenvalue weighted by molar-refractivity contribution is 7.90. The summed E-state index contributed by atoms with van der Waals surface area (Å²) >= 11 is 0. The Morgan fingerprint density at radius 1 is 1.29 bits per heavy atom. The van der Waals surface area contributed by atoms with Gasteiger partial charge in [-0.2, -0.15) is 4.98 Å². The number of carboxylic acid groups (broad SMARTS) is 1. The molecule has 1 aromatic heterocycles. The molecule has 0 bridgehead atoms. The van der Waals surface area contributed by atoms with Crippen LogP contribution in [-0.2, 0) is 40.4 Å². The van der Waals surface area contributed by atoms with Crippen LogP contribution in [0, 0.1) is 0 Å².